The van der Waals surface area contributed by atoms with Crippen molar-refractivity contribution in [2.45, 2.75) is 0 Å². The van der Waals surface area contributed by atoms with E-state index in [4.69, 9.17) is 29.2 Å². The van der Waals surface area contributed by atoms with Crippen LogP contribution in [0.15, 0.2) is 12.1 Å². The van der Waals surface area contributed by atoms with E-state index in [1.165, 1.54) is 40.9 Å². The van der Waals surface area contributed by atoms with Crippen LogP contribution in [0.2, 0.25) is 0 Å². The number of benzene rings is 1. The number of carbonyl (C=O) groups excluding carboxylic acids is 1. The number of hydrogen-bond donors (Lipinski definition) is 0. The summed E-state index contributed by atoms with van der Waals surface area (Å²) in [7, 11) is 7.47. The second-order valence-electron chi connectivity index (χ2n) is 7.90. The fraction of sp³-hybridized carbons (Fsp3) is 0.524. The van der Waals surface area contributed by atoms with Gasteiger partial charge in [-0.3, -0.25) is 4.79 Å². The minimum Gasteiger partial charge on any atom is -0.378 e. The van der Waals surface area contributed by atoms with Crippen LogP contribution in [-0.2, 0) is 4.74 Å². The Morgan fingerprint density at radius 3 is 2.27 bits per heavy atom. The van der Waals surface area contributed by atoms with Crippen LogP contribution < -0.4 is 4.90 Å². The van der Waals surface area contributed by atoms with Crippen molar-refractivity contribution < 1.29 is 13.9 Å². The topological polar surface area (TPSA) is 48.9 Å². The summed E-state index contributed by atoms with van der Waals surface area (Å²) in [6.45, 7) is 2.80. The Hall–Kier alpha value is -1.05. The lowest BCUT2D eigenvalue weighted by Crippen LogP contribution is -2.36. The molecule has 3 rings (SSSR count). The number of morpholine rings is 1. The maximum atomic E-state index is 15.1. The number of ether oxygens (including phenoxy) is 1. The van der Waals surface area contributed by atoms with E-state index in [9.17, 15) is 4.79 Å². The molecule has 12 heteroatoms. The quantitative estimate of drug-likeness (QED) is 0.372. The molecule has 1 fully saturated rings. The zero-order valence-corrected chi connectivity index (χ0v) is 23.1. The van der Waals surface area contributed by atoms with Crippen molar-refractivity contribution >= 4 is 89.1 Å². The molecule has 1 saturated heterocycles. The summed E-state index contributed by atoms with van der Waals surface area (Å²) < 4.78 is 22.6. The van der Waals surface area contributed by atoms with Crippen LogP contribution >= 0.6 is 59.3 Å². The molecule has 1 aromatic carbocycles. The molecule has 1 aliphatic heterocycles. The molecule has 33 heavy (non-hydrogen) atoms. The van der Waals surface area contributed by atoms with E-state index in [0.29, 0.717) is 38.9 Å². The summed E-state index contributed by atoms with van der Waals surface area (Å²) in [5, 5.41) is 0.827. The van der Waals surface area contributed by atoms with Crippen LogP contribution in [0.25, 0.3) is 10.2 Å². The molecular weight excluding hydrogens is 520 g/mol. The van der Waals surface area contributed by atoms with Gasteiger partial charge in [-0.2, -0.15) is 0 Å². The molecule has 6 nitrogen and oxygen atoms in total. The summed E-state index contributed by atoms with van der Waals surface area (Å²) in [4.78, 5) is 23.8. The molecule has 0 saturated carbocycles. The standard InChI is InChI=1S/C21H27FN4O2S5/c1-24(2)20(29)31-11-13(12-32-21(30)25(3)4)18(27)14-9-17-16(10-15(14)22)23-19(33-17)26-5-7-28-8-6-26/h9-10,13H,5-8,11-12H2,1-4H3. The Balaban J connectivity index is 1.84. The van der Waals surface area contributed by atoms with E-state index >= 15 is 4.39 Å². The minimum absolute atomic E-state index is 0.0948. The number of thiocarbonyl (C=S) groups is 2. The normalized spacial score (nSPS) is 14.1. The first-order chi connectivity index (χ1) is 15.7. The molecule has 180 valence electrons. The van der Waals surface area contributed by atoms with Crippen LogP contribution in [0.5, 0.6) is 0 Å². The first kappa shape index (κ1) is 26.6. The van der Waals surface area contributed by atoms with Gasteiger partial charge in [-0.1, -0.05) is 59.3 Å². The lowest BCUT2D eigenvalue weighted by atomic mass is 10.00. The number of thioether (sulfide) groups is 2. The second-order valence-corrected chi connectivity index (χ2v) is 12.2. The van der Waals surface area contributed by atoms with Crippen molar-refractivity contribution in [1.29, 1.82) is 0 Å². The van der Waals surface area contributed by atoms with Crippen LogP contribution in [0.4, 0.5) is 9.52 Å². The van der Waals surface area contributed by atoms with Crippen molar-refractivity contribution in [3.8, 4) is 0 Å². The zero-order chi connectivity index (χ0) is 24.1. The molecule has 0 bridgehead atoms. The Labute approximate surface area is 217 Å². The van der Waals surface area contributed by atoms with Gasteiger partial charge in [0.15, 0.2) is 10.9 Å². The van der Waals surface area contributed by atoms with Crippen LogP contribution in [-0.4, -0.2) is 95.2 Å². The van der Waals surface area contributed by atoms with Gasteiger partial charge < -0.3 is 19.4 Å². The summed E-state index contributed by atoms with van der Waals surface area (Å²) >= 11 is 15.1. The van der Waals surface area contributed by atoms with Crippen LogP contribution in [0.3, 0.4) is 0 Å². The number of hydrogen-bond acceptors (Lipinski definition) is 9. The average Bonchev–Trinajstić information content (AvgIpc) is 3.21. The van der Waals surface area contributed by atoms with E-state index in [2.05, 4.69) is 9.88 Å². The Morgan fingerprint density at radius 2 is 1.73 bits per heavy atom. The van der Waals surface area contributed by atoms with Gasteiger partial charge in [0.05, 0.1) is 29.0 Å². The fourth-order valence-electron chi connectivity index (χ4n) is 3.04. The van der Waals surface area contributed by atoms with E-state index in [0.717, 1.165) is 22.9 Å². The lowest BCUT2D eigenvalue weighted by Gasteiger charge is -2.25. The highest BCUT2D eigenvalue weighted by Crippen LogP contribution is 2.32. The predicted molar refractivity (Wildman–Crippen MR) is 148 cm³/mol. The third kappa shape index (κ3) is 6.98. The Bertz CT molecular complexity index is 999. The van der Waals surface area contributed by atoms with E-state index < -0.39 is 11.7 Å². The van der Waals surface area contributed by atoms with Gasteiger partial charge in [-0.05, 0) is 6.07 Å². The summed E-state index contributed by atoms with van der Waals surface area (Å²) in [6.07, 6.45) is 0. The number of ketones is 1. The predicted octanol–water partition coefficient (Wildman–Crippen LogP) is 4.23. The average molecular weight is 547 g/mol. The first-order valence-corrected chi connectivity index (χ1v) is 13.9. The van der Waals surface area contributed by atoms with Gasteiger partial charge in [0.2, 0.25) is 0 Å². The monoisotopic (exact) mass is 546 g/mol. The smallest absolute Gasteiger partial charge is 0.186 e. The molecule has 2 aromatic rings. The molecule has 0 N–H and O–H groups in total. The zero-order valence-electron chi connectivity index (χ0n) is 19.0. The van der Waals surface area contributed by atoms with E-state index in [-0.39, 0.29) is 11.3 Å². The SMILES string of the molecule is CN(C)C(=S)SCC(CSC(=S)N(C)C)C(=O)c1cc2sc(N3CCOCC3)nc2cc1F. The molecule has 2 heterocycles. The van der Waals surface area contributed by atoms with Crippen LogP contribution in [0, 0.1) is 11.7 Å². The van der Waals surface area contributed by atoms with Gasteiger partial charge >= 0.3 is 0 Å². The fourth-order valence-corrected chi connectivity index (χ4v) is 6.37. The van der Waals surface area contributed by atoms with Gasteiger partial charge in [-0.15, -0.1) is 0 Å². The van der Waals surface area contributed by atoms with E-state index in [1.54, 1.807) is 6.07 Å². The van der Waals surface area contributed by atoms with Crippen molar-refractivity contribution in [3.05, 3.63) is 23.5 Å². The van der Waals surface area contributed by atoms with Gasteiger partial charge in [0.1, 0.15) is 14.5 Å². The largest absolute Gasteiger partial charge is 0.378 e. The van der Waals surface area contributed by atoms with Crippen molar-refractivity contribution in [3.63, 3.8) is 0 Å². The lowest BCUT2D eigenvalue weighted by molar-refractivity contribution is 0.0940. The third-order valence-corrected chi connectivity index (χ3v) is 9.81. The van der Waals surface area contributed by atoms with Gasteiger partial charge in [0, 0.05) is 64.8 Å². The summed E-state index contributed by atoms with van der Waals surface area (Å²) in [5.74, 6) is -0.305. The Morgan fingerprint density at radius 1 is 1.15 bits per heavy atom. The van der Waals surface area contributed by atoms with Crippen molar-refractivity contribution in [2.75, 3.05) is 70.9 Å². The molecule has 1 aliphatic rings. The molecular formula is C21H27FN4O2S5. The third-order valence-electron chi connectivity index (χ3n) is 4.93. The second kappa shape index (κ2) is 12.1. The highest BCUT2D eigenvalue weighted by Gasteiger charge is 2.26. The van der Waals surface area contributed by atoms with Crippen molar-refractivity contribution in [2.24, 2.45) is 5.92 Å². The van der Waals surface area contributed by atoms with Crippen molar-refractivity contribution in [1.82, 2.24) is 14.8 Å². The summed E-state index contributed by atoms with van der Waals surface area (Å²) in [5.41, 5.74) is 0.663. The maximum Gasteiger partial charge on any atom is 0.186 e. The number of aromatic nitrogens is 1. The number of nitrogens with zero attached hydrogens (tertiary/aromatic N) is 4. The number of thiazole rings is 1. The first-order valence-electron chi connectivity index (χ1n) is 10.3. The number of anilines is 1. The van der Waals surface area contributed by atoms with Gasteiger partial charge in [0.25, 0.3) is 0 Å². The number of carbonyl (C=O) groups is 1. The minimum atomic E-state index is -0.545. The highest BCUT2D eigenvalue weighted by molar-refractivity contribution is 8.23. The molecule has 0 unspecified atom stereocenters. The van der Waals surface area contributed by atoms with Gasteiger partial charge in [-0.25, -0.2) is 9.37 Å². The number of fused-ring (bicyclic) bond motifs is 1. The van der Waals surface area contributed by atoms with Crippen LogP contribution in [0.1, 0.15) is 10.4 Å². The number of Topliss-reactive ketones (excluding diaryl/α,β-unsaturated/α-hetero) is 1. The molecule has 0 atom stereocenters. The maximum absolute atomic E-state index is 15.1. The summed E-state index contributed by atoms with van der Waals surface area (Å²) in [6, 6.07) is 3.01. The number of halogens is 1. The molecule has 0 aliphatic carbocycles. The highest BCUT2D eigenvalue weighted by atomic mass is 32.2. The molecule has 0 radical (unpaired) electrons. The molecule has 0 spiro atoms. The Kier molecular flexibility index (Phi) is 9.72. The number of rotatable bonds is 7. The molecule has 0 amide bonds. The molecule has 1 aromatic heterocycles. The van der Waals surface area contributed by atoms with E-state index in [1.807, 2.05) is 38.0 Å².